The number of benzene rings is 3. The van der Waals surface area contributed by atoms with Crippen LogP contribution in [0, 0.1) is 20.8 Å². The monoisotopic (exact) mass is 406 g/mol. The van der Waals surface area contributed by atoms with Crippen molar-refractivity contribution >= 4 is 27.4 Å². The molecule has 0 N–H and O–H groups in total. The minimum absolute atomic E-state index is 0.130. The van der Waals surface area contributed by atoms with Gasteiger partial charge in [-0.15, -0.1) is 0 Å². The number of amides is 2. The van der Waals surface area contributed by atoms with E-state index in [1.54, 1.807) is 42.5 Å². The Labute approximate surface area is 171 Å². The van der Waals surface area contributed by atoms with Crippen molar-refractivity contribution in [3.8, 4) is 0 Å². The maximum Gasteiger partial charge on any atom is 0.343 e. The van der Waals surface area contributed by atoms with Crippen LogP contribution in [0.2, 0.25) is 0 Å². The lowest BCUT2D eigenvalue weighted by Crippen LogP contribution is -2.50. The van der Waals surface area contributed by atoms with Crippen molar-refractivity contribution in [1.29, 1.82) is 0 Å². The Morgan fingerprint density at radius 2 is 1.59 bits per heavy atom. The molecule has 1 aliphatic rings. The number of hydrogen-bond donors (Lipinski definition) is 0. The third kappa shape index (κ3) is 3.29. The van der Waals surface area contributed by atoms with Crippen molar-refractivity contribution in [2.24, 2.45) is 0 Å². The Kier molecular flexibility index (Phi) is 4.67. The van der Waals surface area contributed by atoms with Gasteiger partial charge in [-0.25, -0.2) is 13.2 Å². The summed E-state index contributed by atoms with van der Waals surface area (Å²) < 4.78 is 27.5. The second kappa shape index (κ2) is 7.04. The number of rotatable bonds is 3. The van der Waals surface area contributed by atoms with E-state index in [1.807, 2.05) is 45.0 Å². The molecule has 0 aromatic heterocycles. The number of sulfonamides is 1. The molecule has 0 unspecified atom stereocenters. The number of para-hydroxylation sites is 1. The summed E-state index contributed by atoms with van der Waals surface area (Å²) in [5.74, 6) is 0. The van der Waals surface area contributed by atoms with Gasteiger partial charge in [0.1, 0.15) is 4.90 Å². The third-order valence-corrected chi connectivity index (χ3v) is 6.98. The first-order valence-corrected chi connectivity index (χ1v) is 10.8. The summed E-state index contributed by atoms with van der Waals surface area (Å²) in [5, 5.41) is 0. The smallest absolute Gasteiger partial charge is 0.287 e. The molecule has 29 heavy (non-hydrogen) atoms. The second-order valence-electron chi connectivity index (χ2n) is 7.36. The van der Waals surface area contributed by atoms with Crippen molar-refractivity contribution in [3.05, 3.63) is 89.0 Å². The van der Waals surface area contributed by atoms with E-state index in [-0.39, 0.29) is 11.4 Å². The first-order valence-electron chi connectivity index (χ1n) is 9.38. The van der Waals surface area contributed by atoms with E-state index >= 15 is 0 Å². The molecule has 1 heterocycles. The van der Waals surface area contributed by atoms with E-state index < -0.39 is 16.1 Å². The Balaban J connectivity index is 1.86. The maximum atomic E-state index is 13.4. The van der Waals surface area contributed by atoms with Gasteiger partial charge in [-0.2, -0.15) is 4.31 Å². The molecule has 0 fully saturated rings. The zero-order chi connectivity index (χ0) is 20.8. The van der Waals surface area contributed by atoms with Gasteiger partial charge in [0.05, 0.1) is 17.9 Å². The van der Waals surface area contributed by atoms with Crippen molar-refractivity contribution in [2.45, 2.75) is 32.2 Å². The number of anilines is 2. The molecule has 4 rings (SSSR count). The highest BCUT2D eigenvalue weighted by atomic mass is 32.2. The number of aryl methyl sites for hydroxylation is 3. The lowest BCUT2D eigenvalue weighted by atomic mass is 10.1. The summed E-state index contributed by atoms with van der Waals surface area (Å²) in [4.78, 5) is 15.1. The van der Waals surface area contributed by atoms with Crippen LogP contribution in [-0.2, 0) is 16.6 Å². The van der Waals surface area contributed by atoms with E-state index in [4.69, 9.17) is 0 Å². The summed E-state index contributed by atoms with van der Waals surface area (Å²) in [7, 11) is -4.00. The summed E-state index contributed by atoms with van der Waals surface area (Å²) in [6.07, 6.45) is 0. The minimum Gasteiger partial charge on any atom is -0.287 e. The van der Waals surface area contributed by atoms with Crippen molar-refractivity contribution in [2.75, 3.05) is 9.21 Å². The van der Waals surface area contributed by atoms with Crippen molar-refractivity contribution in [3.63, 3.8) is 0 Å². The Hall–Kier alpha value is -3.12. The molecule has 3 aromatic rings. The predicted octanol–water partition coefficient (Wildman–Crippen LogP) is 4.95. The second-order valence-corrected chi connectivity index (χ2v) is 9.12. The molecule has 0 bridgehead atoms. The first-order chi connectivity index (χ1) is 13.8. The highest BCUT2D eigenvalue weighted by molar-refractivity contribution is 7.94. The number of nitrogens with zero attached hydrogens (tertiary/aromatic N) is 2. The fourth-order valence-corrected chi connectivity index (χ4v) is 5.14. The number of carbonyl (C=O) groups is 1. The molecule has 148 valence electrons. The largest absolute Gasteiger partial charge is 0.343 e. The van der Waals surface area contributed by atoms with Crippen LogP contribution in [0.1, 0.15) is 22.3 Å². The SMILES string of the molecule is Cc1cccc(N2C(=O)N(Cc3ccc(C)c(C)c3)c3ccccc3S2(=O)=O)c1. The van der Waals surface area contributed by atoms with Gasteiger partial charge in [0.15, 0.2) is 0 Å². The van der Waals surface area contributed by atoms with Gasteiger partial charge in [-0.1, -0.05) is 42.5 Å². The molecule has 2 amide bonds. The van der Waals surface area contributed by atoms with Gasteiger partial charge in [-0.05, 0) is 67.3 Å². The molecule has 0 atom stereocenters. The molecule has 1 aliphatic heterocycles. The molecule has 5 nitrogen and oxygen atoms in total. The summed E-state index contributed by atoms with van der Waals surface area (Å²) >= 11 is 0. The number of hydrogen-bond acceptors (Lipinski definition) is 3. The average molecular weight is 407 g/mol. The molecule has 6 heteroatoms. The standard InChI is InChI=1S/C23H22N2O3S/c1-16-7-6-8-20(13-16)25-23(26)24(15-19-12-11-17(2)18(3)14-19)21-9-4-5-10-22(21)29(25,27)28/h4-14H,15H2,1-3H3. The predicted molar refractivity (Wildman–Crippen MR) is 115 cm³/mol. The normalized spacial score (nSPS) is 15.3. The van der Waals surface area contributed by atoms with Gasteiger partial charge >= 0.3 is 6.03 Å². The molecule has 0 saturated heterocycles. The van der Waals surface area contributed by atoms with E-state index in [1.165, 1.54) is 10.5 Å². The van der Waals surface area contributed by atoms with E-state index in [9.17, 15) is 13.2 Å². The van der Waals surface area contributed by atoms with Crippen LogP contribution in [0.4, 0.5) is 16.2 Å². The summed E-state index contributed by atoms with van der Waals surface area (Å²) in [6, 6.07) is 19.1. The van der Waals surface area contributed by atoms with Crippen LogP contribution < -0.4 is 9.21 Å². The Morgan fingerprint density at radius 1 is 0.828 bits per heavy atom. The van der Waals surface area contributed by atoms with Crippen molar-refractivity contribution < 1.29 is 13.2 Å². The topological polar surface area (TPSA) is 57.7 Å². The van der Waals surface area contributed by atoms with Crippen LogP contribution in [0.15, 0.2) is 71.6 Å². The molecular weight excluding hydrogens is 384 g/mol. The Bertz CT molecular complexity index is 1220. The van der Waals surface area contributed by atoms with Crippen LogP contribution in [0.25, 0.3) is 0 Å². The molecule has 0 radical (unpaired) electrons. The van der Waals surface area contributed by atoms with Crippen molar-refractivity contribution in [1.82, 2.24) is 0 Å². The van der Waals surface area contributed by atoms with E-state index in [0.717, 1.165) is 21.0 Å². The lowest BCUT2D eigenvalue weighted by molar-refractivity contribution is 0.253. The van der Waals surface area contributed by atoms with Gasteiger partial charge in [-0.3, -0.25) is 4.90 Å². The minimum atomic E-state index is -4.00. The van der Waals surface area contributed by atoms with Gasteiger partial charge in [0, 0.05) is 0 Å². The molecule has 0 saturated carbocycles. The summed E-state index contributed by atoms with van der Waals surface area (Å²) in [6.45, 7) is 6.21. The van der Waals surface area contributed by atoms with E-state index in [2.05, 4.69) is 0 Å². The van der Waals surface area contributed by atoms with Crippen LogP contribution in [0.5, 0.6) is 0 Å². The molecule has 3 aromatic carbocycles. The average Bonchev–Trinajstić information content (AvgIpc) is 2.68. The fourth-order valence-electron chi connectivity index (χ4n) is 3.55. The fraction of sp³-hybridized carbons (Fsp3) is 0.174. The Morgan fingerprint density at radius 3 is 2.31 bits per heavy atom. The number of fused-ring (bicyclic) bond motifs is 1. The zero-order valence-electron chi connectivity index (χ0n) is 16.6. The third-order valence-electron chi connectivity index (χ3n) is 5.23. The maximum absolute atomic E-state index is 13.4. The van der Waals surface area contributed by atoms with Gasteiger partial charge < -0.3 is 0 Å². The summed E-state index contributed by atoms with van der Waals surface area (Å²) in [5.41, 5.74) is 4.87. The molecule has 0 aliphatic carbocycles. The highest BCUT2D eigenvalue weighted by Gasteiger charge is 2.42. The van der Waals surface area contributed by atoms with Gasteiger partial charge in [0.2, 0.25) is 0 Å². The quantitative estimate of drug-likeness (QED) is 0.619. The molecule has 0 spiro atoms. The number of urea groups is 1. The number of carbonyl (C=O) groups excluding carboxylic acids is 1. The molecular formula is C23H22N2O3S. The van der Waals surface area contributed by atoms with Crippen LogP contribution in [0.3, 0.4) is 0 Å². The van der Waals surface area contributed by atoms with Gasteiger partial charge in [0.25, 0.3) is 10.0 Å². The van der Waals surface area contributed by atoms with E-state index in [0.29, 0.717) is 11.4 Å². The zero-order valence-corrected chi connectivity index (χ0v) is 17.4. The lowest BCUT2D eigenvalue weighted by Gasteiger charge is -2.36. The first kappa shape index (κ1) is 19.2. The van der Waals surface area contributed by atoms with Crippen LogP contribution >= 0.6 is 0 Å². The highest BCUT2D eigenvalue weighted by Crippen LogP contribution is 2.38. The van der Waals surface area contributed by atoms with Crippen LogP contribution in [-0.4, -0.2) is 14.4 Å².